The molecule has 1 nitrogen and oxygen atoms in total. The van der Waals surface area contributed by atoms with Crippen LogP contribution in [0, 0.1) is 50.7 Å². The number of aliphatic hydroxyl groups excluding tert-OH is 1. The highest BCUT2D eigenvalue weighted by Gasteiger charge is 2.81. The Morgan fingerprint density at radius 1 is 0.867 bits per heavy atom. The van der Waals surface area contributed by atoms with Crippen molar-refractivity contribution in [2.24, 2.45) is 50.7 Å². The van der Waals surface area contributed by atoms with E-state index in [2.05, 4.69) is 48.1 Å². The first kappa shape index (κ1) is 21.5. The Labute approximate surface area is 186 Å². The topological polar surface area (TPSA) is 20.2 Å². The van der Waals surface area contributed by atoms with Gasteiger partial charge < -0.3 is 5.11 Å². The second kappa shape index (κ2) is 6.39. The Kier molecular flexibility index (Phi) is 4.59. The standard InChI is InChI=1S/C29H48O/c1-19(2)20(3)8-9-21-12-14-27(7)23-11-10-22-25(4,5)24(30)13-15-28(22)18-29(23,28)17-16-26(21,27)6/h19,21-24,30H,3,8-18H2,1-2,4-7H3/t21?,22?,23?,24-,26+,27-,28+,29-/m0/s1. The molecular weight excluding hydrogens is 364 g/mol. The summed E-state index contributed by atoms with van der Waals surface area (Å²) in [4.78, 5) is 0. The maximum Gasteiger partial charge on any atom is 0.0594 e. The van der Waals surface area contributed by atoms with E-state index in [1.165, 1.54) is 69.8 Å². The molecule has 0 aliphatic heterocycles. The normalized spacial score (nSPS) is 53.5. The number of aliphatic hydroxyl groups is 1. The third-order valence-electron chi connectivity index (χ3n) is 12.9. The van der Waals surface area contributed by atoms with Gasteiger partial charge in [-0.25, -0.2) is 0 Å². The van der Waals surface area contributed by atoms with E-state index < -0.39 is 0 Å². The lowest BCUT2D eigenvalue weighted by Gasteiger charge is -2.63. The molecule has 30 heavy (non-hydrogen) atoms. The lowest BCUT2D eigenvalue weighted by atomic mass is 9.42. The van der Waals surface area contributed by atoms with E-state index in [4.69, 9.17) is 0 Å². The van der Waals surface area contributed by atoms with Gasteiger partial charge in [-0.3, -0.25) is 0 Å². The van der Waals surface area contributed by atoms with Crippen LogP contribution in [0.3, 0.4) is 0 Å². The molecule has 0 aromatic heterocycles. The van der Waals surface area contributed by atoms with Crippen LogP contribution in [0.4, 0.5) is 0 Å². The maximum atomic E-state index is 10.8. The minimum Gasteiger partial charge on any atom is -0.393 e. The lowest BCUT2D eigenvalue weighted by molar-refractivity contribution is -0.159. The second-order valence-corrected chi connectivity index (χ2v) is 14.0. The zero-order valence-corrected chi connectivity index (χ0v) is 20.8. The van der Waals surface area contributed by atoms with Gasteiger partial charge in [-0.1, -0.05) is 53.7 Å². The molecule has 0 amide bonds. The Morgan fingerprint density at radius 2 is 1.53 bits per heavy atom. The monoisotopic (exact) mass is 412 g/mol. The third-order valence-corrected chi connectivity index (χ3v) is 12.9. The van der Waals surface area contributed by atoms with E-state index in [-0.39, 0.29) is 11.5 Å². The minimum absolute atomic E-state index is 0.0864. The molecule has 0 radical (unpaired) electrons. The maximum absolute atomic E-state index is 10.8. The molecule has 5 fully saturated rings. The van der Waals surface area contributed by atoms with Gasteiger partial charge in [0.2, 0.25) is 0 Å². The SMILES string of the molecule is C=C(CCC1CC[C@@]2(C)C3CCC4C(C)(C)[C@@H](O)CC[C@@]45C[C@@]35CC[C@]12C)C(C)C. The molecule has 5 rings (SSSR count). The van der Waals surface area contributed by atoms with Gasteiger partial charge >= 0.3 is 0 Å². The second-order valence-electron chi connectivity index (χ2n) is 14.0. The fourth-order valence-electron chi connectivity index (χ4n) is 10.6. The van der Waals surface area contributed by atoms with Crippen molar-refractivity contribution < 1.29 is 5.11 Å². The molecule has 0 aromatic carbocycles. The van der Waals surface area contributed by atoms with Crippen LogP contribution in [0.1, 0.15) is 112 Å². The van der Waals surface area contributed by atoms with Crippen LogP contribution in [0.15, 0.2) is 12.2 Å². The highest BCUT2D eigenvalue weighted by Crippen LogP contribution is 2.88. The van der Waals surface area contributed by atoms with Crippen LogP contribution in [-0.4, -0.2) is 11.2 Å². The molecular formula is C29H48O. The van der Waals surface area contributed by atoms with Gasteiger partial charge in [0, 0.05) is 0 Å². The van der Waals surface area contributed by atoms with Crippen molar-refractivity contribution in [3.63, 3.8) is 0 Å². The van der Waals surface area contributed by atoms with Crippen LogP contribution >= 0.6 is 0 Å². The molecule has 8 atom stereocenters. The average Bonchev–Trinajstić information content (AvgIpc) is 3.28. The van der Waals surface area contributed by atoms with E-state index in [1.54, 1.807) is 0 Å². The molecule has 5 aliphatic carbocycles. The van der Waals surface area contributed by atoms with Crippen LogP contribution in [0.2, 0.25) is 0 Å². The van der Waals surface area contributed by atoms with Crippen LogP contribution < -0.4 is 0 Å². The Balaban J connectivity index is 1.41. The van der Waals surface area contributed by atoms with Gasteiger partial charge in [0.05, 0.1) is 6.10 Å². The summed E-state index contributed by atoms with van der Waals surface area (Å²) < 4.78 is 0. The molecule has 170 valence electrons. The van der Waals surface area contributed by atoms with E-state index in [1.807, 2.05) is 0 Å². The van der Waals surface area contributed by atoms with E-state index in [9.17, 15) is 5.11 Å². The largest absolute Gasteiger partial charge is 0.393 e. The van der Waals surface area contributed by atoms with Gasteiger partial charge in [-0.2, -0.15) is 0 Å². The van der Waals surface area contributed by atoms with Crippen molar-refractivity contribution in [3.8, 4) is 0 Å². The Bertz CT molecular complexity index is 735. The summed E-state index contributed by atoms with van der Waals surface area (Å²) in [7, 11) is 0. The number of allylic oxidation sites excluding steroid dienone is 1. The van der Waals surface area contributed by atoms with Crippen molar-refractivity contribution in [1.82, 2.24) is 0 Å². The molecule has 0 bridgehead atoms. The van der Waals surface area contributed by atoms with Gasteiger partial charge in [0.25, 0.3) is 0 Å². The van der Waals surface area contributed by atoms with Gasteiger partial charge in [0.15, 0.2) is 0 Å². The van der Waals surface area contributed by atoms with Crippen molar-refractivity contribution in [3.05, 3.63) is 12.2 Å². The first-order chi connectivity index (χ1) is 13.9. The smallest absolute Gasteiger partial charge is 0.0594 e. The highest BCUT2D eigenvalue weighted by atomic mass is 16.3. The molecule has 0 aromatic rings. The quantitative estimate of drug-likeness (QED) is 0.467. The number of fused-ring (bicyclic) bond motifs is 2. The summed E-state index contributed by atoms with van der Waals surface area (Å²) in [5.74, 6) is 3.22. The van der Waals surface area contributed by atoms with Gasteiger partial charge in [-0.05, 0) is 121 Å². The summed E-state index contributed by atoms with van der Waals surface area (Å²) >= 11 is 0. The first-order valence-electron chi connectivity index (χ1n) is 13.3. The molecule has 2 spiro atoms. The molecule has 0 heterocycles. The zero-order chi connectivity index (χ0) is 21.7. The fraction of sp³-hybridized carbons (Fsp3) is 0.931. The zero-order valence-electron chi connectivity index (χ0n) is 20.8. The molecule has 1 N–H and O–H groups in total. The summed E-state index contributed by atoms with van der Waals surface area (Å²) in [6.07, 6.45) is 15.0. The van der Waals surface area contributed by atoms with Crippen LogP contribution in [-0.2, 0) is 0 Å². The summed E-state index contributed by atoms with van der Waals surface area (Å²) in [5, 5.41) is 10.8. The average molecular weight is 413 g/mol. The van der Waals surface area contributed by atoms with E-state index in [0.717, 1.165) is 24.2 Å². The Morgan fingerprint density at radius 3 is 2.23 bits per heavy atom. The van der Waals surface area contributed by atoms with E-state index in [0.29, 0.717) is 27.6 Å². The molecule has 5 saturated carbocycles. The van der Waals surface area contributed by atoms with Gasteiger partial charge in [-0.15, -0.1) is 0 Å². The van der Waals surface area contributed by atoms with Gasteiger partial charge in [0.1, 0.15) is 0 Å². The highest BCUT2D eigenvalue weighted by molar-refractivity contribution is 5.30. The minimum atomic E-state index is -0.0864. The van der Waals surface area contributed by atoms with Crippen LogP contribution in [0.25, 0.3) is 0 Å². The third kappa shape index (κ3) is 2.40. The molecule has 1 heteroatoms. The summed E-state index contributed by atoms with van der Waals surface area (Å²) in [5.41, 5.74) is 3.84. The first-order valence-corrected chi connectivity index (χ1v) is 13.3. The predicted octanol–water partition coefficient (Wildman–Crippen LogP) is 7.78. The Hall–Kier alpha value is -0.300. The van der Waals surface area contributed by atoms with Crippen molar-refractivity contribution >= 4 is 0 Å². The van der Waals surface area contributed by atoms with Crippen molar-refractivity contribution in [2.75, 3.05) is 0 Å². The number of rotatable bonds is 4. The van der Waals surface area contributed by atoms with Crippen molar-refractivity contribution in [2.45, 2.75) is 118 Å². The van der Waals surface area contributed by atoms with Crippen LogP contribution in [0.5, 0.6) is 0 Å². The predicted molar refractivity (Wildman–Crippen MR) is 126 cm³/mol. The molecule has 5 aliphatic rings. The fourth-order valence-corrected chi connectivity index (χ4v) is 10.6. The summed E-state index contributed by atoms with van der Waals surface area (Å²) in [6.45, 7) is 19.2. The molecule has 0 saturated heterocycles. The van der Waals surface area contributed by atoms with Crippen molar-refractivity contribution in [1.29, 1.82) is 0 Å². The summed E-state index contributed by atoms with van der Waals surface area (Å²) in [6, 6.07) is 0. The number of hydrogen-bond donors (Lipinski definition) is 1. The lowest BCUT2D eigenvalue weighted by Crippen LogP contribution is -2.57. The van der Waals surface area contributed by atoms with E-state index >= 15 is 0 Å². The molecule has 3 unspecified atom stereocenters. The number of hydrogen-bond acceptors (Lipinski definition) is 1.